The number of rotatable bonds is 7. The number of halogens is 1. The first kappa shape index (κ1) is 16.4. The molecule has 0 saturated heterocycles. The highest BCUT2D eigenvalue weighted by Crippen LogP contribution is 2.26. The molecule has 0 bridgehead atoms. The van der Waals surface area contributed by atoms with Gasteiger partial charge in [-0.05, 0) is 42.7 Å². The van der Waals surface area contributed by atoms with E-state index in [4.69, 9.17) is 20.8 Å². The number of carbonyl (C=O) groups is 1. The van der Waals surface area contributed by atoms with E-state index in [2.05, 4.69) is 13.8 Å². The van der Waals surface area contributed by atoms with Crippen LogP contribution in [0.1, 0.15) is 42.1 Å². The fourth-order valence-corrected chi connectivity index (χ4v) is 2.20. The van der Waals surface area contributed by atoms with Gasteiger partial charge in [0, 0.05) is 17.0 Å². The SMILES string of the molecule is CC(C)CCOc1ccc(Cl)cc1Cc1ccc(C(=O)[O-])o1. The first-order valence-corrected chi connectivity index (χ1v) is 7.55. The average Bonchev–Trinajstić information content (AvgIpc) is 2.89. The molecular weight excluding hydrogens is 304 g/mol. The summed E-state index contributed by atoms with van der Waals surface area (Å²) in [4.78, 5) is 10.7. The number of hydrogen-bond donors (Lipinski definition) is 0. The summed E-state index contributed by atoms with van der Waals surface area (Å²) in [7, 11) is 0. The number of furan rings is 1. The summed E-state index contributed by atoms with van der Waals surface area (Å²) in [6.07, 6.45) is 1.36. The second-order valence-corrected chi connectivity index (χ2v) is 5.95. The molecule has 22 heavy (non-hydrogen) atoms. The van der Waals surface area contributed by atoms with Gasteiger partial charge < -0.3 is 19.1 Å². The van der Waals surface area contributed by atoms with Crippen LogP contribution >= 0.6 is 11.6 Å². The van der Waals surface area contributed by atoms with Crippen molar-refractivity contribution in [1.82, 2.24) is 0 Å². The van der Waals surface area contributed by atoms with Gasteiger partial charge >= 0.3 is 0 Å². The first-order valence-electron chi connectivity index (χ1n) is 7.17. The lowest BCUT2D eigenvalue weighted by Gasteiger charge is -2.12. The fraction of sp³-hybridized carbons (Fsp3) is 0.353. The summed E-state index contributed by atoms with van der Waals surface area (Å²) in [5.74, 6) is 0.308. The average molecular weight is 322 g/mol. The Morgan fingerprint density at radius 1 is 1.32 bits per heavy atom. The number of benzene rings is 1. The Kier molecular flexibility index (Phi) is 5.50. The van der Waals surface area contributed by atoms with Gasteiger partial charge in [-0.15, -0.1) is 0 Å². The summed E-state index contributed by atoms with van der Waals surface area (Å²) in [5.41, 5.74) is 0.857. The van der Waals surface area contributed by atoms with Crippen LogP contribution in [0.3, 0.4) is 0 Å². The summed E-state index contributed by atoms with van der Waals surface area (Å²) in [5, 5.41) is 11.3. The van der Waals surface area contributed by atoms with Crippen LogP contribution in [-0.4, -0.2) is 12.6 Å². The zero-order chi connectivity index (χ0) is 16.1. The fourth-order valence-electron chi connectivity index (χ4n) is 2.00. The molecule has 1 heterocycles. The monoisotopic (exact) mass is 321 g/mol. The molecule has 4 nitrogen and oxygen atoms in total. The minimum absolute atomic E-state index is 0.181. The van der Waals surface area contributed by atoms with Gasteiger partial charge in [-0.3, -0.25) is 0 Å². The van der Waals surface area contributed by atoms with Crippen molar-refractivity contribution in [2.75, 3.05) is 6.61 Å². The molecule has 0 spiro atoms. The van der Waals surface area contributed by atoms with Crippen molar-refractivity contribution in [2.24, 2.45) is 5.92 Å². The van der Waals surface area contributed by atoms with Crippen molar-refractivity contribution in [3.05, 3.63) is 52.4 Å². The molecule has 0 saturated carbocycles. The summed E-state index contributed by atoms with van der Waals surface area (Å²) >= 11 is 6.03. The molecule has 0 unspecified atom stereocenters. The van der Waals surface area contributed by atoms with E-state index in [1.165, 1.54) is 6.07 Å². The third-order valence-electron chi connectivity index (χ3n) is 3.20. The lowest BCUT2D eigenvalue weighted by Crippen LogP contribution is -2.21. The van der Waals surface area contributed by atoms with Gasteiger partial charge in [0.05, 0.1) is 6.61 Å². The van der Waals surface area contributed by atoms with Crippen LogP contribution in [0.2, 0.25) is 5.02 Å². The summed E-state index contributed by atoms with van der Waals surface area (Å²) < 4.78 is 11.0. The van der Waals surface area contributed by atoms with Gasteiger partial charge in [0.25, 0.3) is 0 Å². The molecule has 1 aromatic carbocycles. The van der Waals surface area contributed by atoms with E-state index in [1.807, 2.05) is 6.07 Å². The molecule has 0 radical (unpaired) electrons. The van der Waals surface area contributed by atoms with Gasteiger partial charge in [-0.1, -0.05) is 25.4 Å². The van der Waals surface area contributed by atoms with E-state index in [1.54, 1.807) is 18.2 Å². The minimum Gasteiger partial charge on any atom is -0.542 e. The normalized spacial score (nSPS) is 10.9. The van der Waals surface area contributed by atoms with E-state index < -0.39 is 5.97 Å². The van der Waals surface area contributed by atoms with Crippen LogP contribution < -0.4 is 9.84 Å². The molecule has 0 aliphatic rings. The highest BCUT2D eigenvalue weighted by Gasteiger charge is 2.10. The highest BCUT2D eigenvalue weighted by atomic mass is 35.5. The van der Waals surface area contributed by atoms with Crippen LogP contribution in [0.5, 0.6) is 5.75 Å². The molecule has 1 aromatic heterocycles. The Balaban J connectivity index is 2.13. The smallest absolute Gasteiger partial charge is 0.149 e. The molecule has 2 rings (SSSR count). The molecule has 2 aromatic rings. The van der Waals surface area contributed by atoms with Gasteiger partial charge in [-0.25, -0.2) is 0 Å². The molecule has 0 aliphatic carbocycles. The maximum absolute atomic E-state index is 10.7. The second-order valence-electron chi connectivity index (χ2n) is 5.51. The Morgan fingerprint density at radius 3 is 2.73 bits per heavy atom. The predicted octanol–water partition coefficient (Wildman–Crippen LogP) is 3.31. The minimum atomic E-state index is -1.33. The predicted molar refractivity (Wildman–Crippen MR) is 82.2 cm³/mol. The van der Waals surface area contributed by atoms with E-state index in [0.29, 0.717) is 29.7 Å². The standard InChI is InChI=1S/C17H19ClO4/c1-11(2)7-8-21-15-5-3-13(18)9-12(15)10-14-4-6-16(22-14)17(19)20/h3-6,9,11H,7-8,10H2,1-2H3,(H,19,20)/p-1. The number of carbonyl (C=O) groups excluding carboxylic acids is 1. The topological polar surface area (TPSA) is 62.5 Å². The molecule has 0 amide bonds. The van der Waals surface area contributed by atoms with Gasteiger partial charge in [0.15, 0.2) is 0 Å². The summed E-state index contributed by atoms with van der Waals surface area (Å²) in [6, 6.07) is 8.39. The number of hydrogen-bond acceptors (Lipinski definition) is 4. The van der Waals surface area contributed by atoms with Crippen LogP contribution in [0.25, 0.3) is 0 Å². The number of carboxylic acids is 1. The largest absolute Gasteiger partial charge is 0.542 e. The first-order chi connectivity index (χ1) is 10.5. The maximum Gasteiger partial charge on any atom is 0.149 e. The lowest BCUT2D eigenvalue weighted by atomic mass is 10.1. The van der Waals surface area contributed by atoms with Crippen molar-refractivity contribution in [3.8, 4) is 5.75 Å². The Hall–Kier alpha value is -1.94. The molecule has 118 valence electrons. The van der Waals surface area contributed by atoms with Crippen LogP contribution in [0.15, 0.2) is 34.7 Å². The maximum atomic E-state index is 10.7. The van der Waals surface area contributed by atoms with Gasteiger partial charge in [0.2, 0.25) is 0 Å². The Morgan fingerprint density at radius 2 is 2.09 bits per heavy atom. The number of ether oxygens (including phenoxy) is 1. The zero-order valence-corrected chi connectivity index (χ0v) is 13.4. The molecule has 0 fully saturated rings. The number of carboxylic acid groups (broad SMARTS) is 1. The van der Waals surface area contributed by atoms with Crippen molar-refractivity contribution < 1.29 is 19.1 Å². The molecule has 5 heteroatoms. The van der Waals surface area contributed by atoms with Crippen molar-refractivity contribution in [3.63, 3.8) is 0 Å². The summed E-state index contributed by atoms with van der Waals surface area (Å²) in [6.45, 7) is 4.89. The number of aromatic carboxylic acids is 1. The third kappa shape index (κ3) is 4.53. The van der Waals surface area contributed by atoms with Gasteiger partial charge in [-0.2, -0.15) is 0 Å². The van der Waals surface area contributed by atoms with E-state index in [0.717, 1.165) is 17.7 Å². The van der Waals surface area contributed by atoms with Crippen molar-refractivity contribution >= 4 is 17.6 Å². The zero-order valence-electron chi connectivity index (χ0n) is 12.6. The quantitative estimate of drug-likeness (QED) is 0.785. The van der Waals surface area contributed by atoms with Gasteiger partial charge in [0.1, 0.15) is 23.2 Å². The second kappa shape index (κ2) is 7.36. The third-order valence-corrected chi connectivity index (χ3v) is 3.44. The molecule has 0 N–H and O–H groups in total. The molecule has 0 aliphatic heterocycles. The van der Waals surface area contributed by atoms with Crippen molar-refractivity contribution in [2.45, 2.75) is 26.7 Å². The van der Waals surface area contributed by atoms with E-state index in [-0.39, 0.29) is 5.76 Å². The van der Waals surface area contributed by atoms with Crippen LogP contribution in [0.4, 0.5) is 0 Å². The van der Waals surface area contributed by atoms with Crippen molar-refractivity contribution in [1.29, 1.82) is 0 Å². The Bertz CT molecular complexity index is 646. The van der Waals surface area contributed by atoms with Crippen LogP contribution in [0, 0.1) is 5.92 Å². The van der Waals surface area contributed by atoms with E-state index >= 15 is 0 Å². The molecule has 0 atom stereocenters. The molecular formula is C17H18ClO4-. The lowest BCUT2D eigenvalue weighted by molar-refractivity contribution is -0.257. The van der Waals surface area contributed by atoms with E-state index in [9.17, 15) is 9.90 Å². The highest BCUT2D eigenvalue weighted by molar-refractivity contribution is 6.30. The van der Waals surface area contributed by atoms with Crippen LogP contribution in [-0.2, 0) is 6.42 Å². The Labute approximate surface area is 134 Å².